The minimum absolute atomic E-state index is 0.0113. The van der Waals surface area contributed by atoms with Crippen LogP contribution in [0.1, 0.15) is 37.8 Å². The molecule has 1 aromatic carbocycles. The zero-order valence-electron chi connectivity index (χ0n) is 15.8. The average molecular weight is 393 g/mol. The van der Waals surface area contributed by atoms with Gasteiger partial charge in [0.1, 0.15) is 0 Å². The molecule has 1 fully saturated rings. The summed E-state index contributed by atoms with van der Waals surface area (Å²) >= 11 is 0. The lowest BCUT2D eigenvalue weighted by atomic mass is 9.89. The Morgan fingerprint density at radius 2 is 1.89 bits per heavy atom. The maximum absolute atomic E-state index is 11.7. The summed E-state index contributed by atoms with van der Waals surface area (Å²) in [5, 5.41) is 13.6. The maximum Gasteiger partial charge on any atom is 0.175 e. The normalized spacial score (nSPS) is 15.9. The van der Waals surface area contributed by atoms with Gasteiger partial charge in [-0.05, 0) is 42.5 Å². The second kappa shape index (κ2) is 8.99. The molecule has 27 heavy (non-hydrogen) atoms. The molecular weight excluding hydrogens is 364 g/mol. The monoisotopic (exact) mass is 392 g/mol. The average Bonchev–Trinajstić information content (AvgIpc) is 3.05. The third-order valence-corrected chi connectivity index (χ3v) is 6.18. The number of hydrogen-bond donors (Lipinski definition) is 1. The van der Waals surface area contributed by atoms with Gasteiger partial charge in [-0.15, -0.1) is 0 Å². The zero-order chi connectivity index (χ0) is 19.3. The summed E-state index contributed by atoms with van der Waals surface area (Å²) in [4.78, 5) is 0.316. The second-order valence-electron chi connectivity index (χ2n) is 7.28. The summed E-state index contributed by atoms with van der Waals surface area (Å²) in [6, 6.07) is 8.96. The predicted octanol–water partition coefficient (Wildman–Crippen LogP) is 3.04. The molecule has 0 saturated heterocycles. The first-order chi connectivity index (χ1) is 13.0. The summed E-state index contributed by atoms with van der Waals surface area (Å²) in [6.45, 7) is 1.49. The second-order valence-corrected chi connectivity index (χ2v) is 9.30. The van der Waals surface area contributed by atoms with Gasteiger partial charge in [0.25, 0.3) is 0 Å². The smallest absolute Gasteiger partial charge is 0.175 e. The molecule has 0 amide bonds. The highest BCUT2D eigenvalue weighted by Crippen LogP contribution is 2.28. The van der Waals surface area contributed by atoms with Crippen molar-refractivity contribution in [3.05, 3.63) is 36.0 Å². The Hall–Kier alpha value is -1.70. The van der Waals surface area contributed by atoms with Crippen molar-refractivity contribution >= 4 is 9.84 Å². The molecule has 1 saturated carbocycles. The quantitative estimate of drug-likeness (QED) is 0.698. The molecular formula is C20H28N2O4S. The van der Waals surface area contributed by atoms with E-state index in [9.17, 15) is 8.42 Å². The van der Waals surface area contributed by atoms with E-state index >= 15 is 0 Å². The van der Waals surface area contributed by atoms with Crippen molar-refractivity contribution in [3.8, 4) is 11.3 Å². The van der Waals surface area contributed by atoms with Gasteiger partial charge in [0.05, 0.1) is 36.1 Å². The van der Waals surface area contributed by atoms with Crippen LogP contribution in [0.3, 0.4) is 0 Å². The van der Waals surface area contributed by atoms with E-state index in [1.54, 1.807) is 12.1 Å². The van der Waals surface area contributed by atoms with Crippen LogP contribution in [0.5, 0.6) is 0 Å². The molecule has 0 atom stereocenters. The topological polar surface area (TPSA) is 81.4 Å². The molecule has 0 spiro atoms. The summed E-state index contributed by atoms with van der Waals surface area (Å²) in [7, 11) is -3.21. The first kappa shape index (κ1) is 20.0. The van der Waals surface area contributed by atoms with Crippen LogP contribution in [0, 0.1) is 5.92 Å². The molecule has 1 N–H and O–H groups in total. The van der Waals surface area contributed by atoms with E-state index in [0.29, 0.717) is 17.4 Å². The van der Waals surface area contributed by atoms with Crippen LogP contribution >= 0.6 is 0 Å². The Morgan fingerprint density at radius 3 is 2.52 bits per heavy atom. The van der Waals surface area contributed by atoms with Crippen molar-refractivity contribution in [2.45, 2.75) is 50.2 Å². The fourth-order valence-electron chi connectivity index (χ4n) is 3.64. The molecule has 0 aliphatic heterocycles. The first-order valence-electron chi connectivity index (χ1n) is 9.53. The predicted molar refractivity (Wildman–Crippen MR) is 104 cm³/mol. The Labute approximate surface area is 161 Å². The van der Waals surface area contributed by atoms with Crippen LogP contribution in [-0.2, 0) is 27.7 Å². The van der Waals surface area contributed by atoms with E-state index < -0.39 is 9.84 Å². The standard InChI is InChI=1S/C20H28N2O4S/c1-27(24,25)19-9-7-17(8-10-19)20-13-18(15-26-12-11-23)21-22(20)14-16-5-3-2-4-6-16/h7-10,13,16,23H,2-6,11-12,14-15H2,1H3. The molecule has 0 unspecified atom stereocenters. The zero-order valence-corrected chi connectivity index (χ0v) is 16.6. The number of nitrogens with zero attached hydrogens (tertiary/aromatic N) is 2. The first-order valence-corrected chi connectivity index (χ1v) is 11.4. The summed E-state index contributed by atoms with van der Waals surface area (Å²) < 4.78 is 30.9. The van der Waals surface area contributed by atoms with Crippen molar-refractivity contribution in [1.82, 2.24) is 9.78 Å². The third-order valence-electron chi connectivity index (χ3n) is 5.05. The van der Waals surface area contributed by atoms with Crippen molar-refractivity contribution in [2.75, 3.05) is 19.5 Å². The SMILES string of the molecule is CS(=O)(=O)c1ccc(-c2cc(COCCO)nn2CC2CCCCC2)cc1. The van der Waals surface area contributed by atoms with Gasteiger partial charge in [-0.3, -0.25) is 4.68 Å². The summed E-state index contributed by atoms with van der Waals surface area (Å²) in [5.41, 5.74) is 2.74. The molecule has 1 heterocycles. The number of rotatable bonds is 8. The highest BCUT2D eigenvalue weighted by Gasteiger charge is 2.18. The largest absolute Gasteiger partial charge is 0.394 e. The van der Waals surface area contributed by atoms with Gasteiger partial charge in [0.2, 0.25) is 0 Å². The van der Waals surface area contributed by atoms with Crippen molar-refractivity contribution in [2.24, 2.45) is 5.92 Å². The van der Waals surface area contributed by atoms with Crippen LogP contribution in [0.25, 0.3) is 11.3 Å². The lowest BCUT2D eigenvalue weighted by Gasteiger charge is -2.22. The van der Waals surface area contributed by atoms with E-state index in [0.717, 1.165) is 23.5 Å². The minimum Gasteiger partial charge on any atom is -0.394 e. The van der Waals surface area contributed by atoms with Crippen LogP contribution in [0.15, 0.2) is 35.2 Å². The molecule has 1 aliphatic carbocycles. The van der Waals surface area contributed by atoms with Gasteiger partial charge in [-0.2, -0.15) is 5.10 Å². The van der Waals surface area contributed by atoms with E-state index in [2.05, 4.69) is 0 Å². The molecule has 1 aromatic heterocycles. The van der Waals surface area contributed by atoms with Gasteiger partial charge >= 0.3 is 0 Å². The maximum atomic E-state index is 11.7. The Morgan fingerprint density at radius 1 is 1.19 bits per heavy atom. The number of benzene rings is 1. The number of aliphatic hydroxyl groups excluding tert-OH is 1. The van der Waals surface area contributed by atoms with Gasteiger partial charge < -0.3 is 9.84 Å². The van der Waals surface area contributed by atoms with E-state index in [-0.39, 0.29) is 13.2 Å². The highest BCUT2D eigenvalue weighted by molar-refractivity contribution is 7.90. The van der Waals surface area contributed by atoms with Crippen molar-refractivity contribution in [3.63, 3.8) is 0 Å². The number of sulfone groups is 1. The number of aliphatic hydroxyl groups is 1. The fourth-order valence-corrected chi connectivity index (χ4v) is 4.27. The molecule has 1 aliphatic rings. The molecule has 0 bridgehead atoms. The van der Waals surface area contributed by atoms with Gasteiger partial charge in [0, 0.05) is 12.8 Å². The van der Waals surface area contributed by atoms with Gasteiger partial charge in [-0.1, -0.05) is 31.4 Å². The minimum atomic E-state index is -3.21. The number of hydrogen-bond acceptors (Lipinski definition) is 5. The third kappa shape index (κ3) is 5.40. The van der Waals surface area contributed by atoms with Crippen LogP contribution in [0.2, 0.25) is 0 Å². The molecule has 3 rings (SSSR count). The van der Waals surface area contributed by atoms with Crippen LogP contribution in [-0.4, -0.2) is 42.8 Å². The molecule has 0 radical (unpaired) electrons. The van der Waals surface area contributed by atoms with E-state index in [1.165, 1.54) is 38.4 Å². The Kier molecular flexibility index (Phi) is 6.68. The van der Waals surface area contributed by atoms with E-state index in [1.807, 2.05) is 22.9 Å². The van der Waals surface area contributed by atoms with Gasteiger partial charge in [-0.25, -0.2) is 8.42 Å². The van der Waals surface area contributed by atoms with Crippen LogP contribution in [0.4, 0.5) is 0 Å². The highest BCUT2D eigenvalue weighted by atomic mass is 32.2. The molecule has 6 nitrogen and oxygen atoms in total. The number of aromatic nitrogens is 2. The van der Waals surface area contributed by atoms with Crippen LogP contribution < -0.4 is 0 Å². The summed E-state index contributed by atoms with van der Waals surface area (Å²) in [5.74, 6) is 0.624. The Balaban J connectivity index is 1.86. The van der Waals surface area contributed by atoms with Crippen molar-refractivity contribution < 1.29 is 18.3 Å². The molecule has 2 aromatic rings. The lowest BCUT2D eigenvalue weighted by molar-refractivity contribution is 0.0793. The molecule has 148 valence electrons. The number of ether oxygens (including phenoxy) is 1. The van der Waals surface area contributed by atoms with Gasteiger partial charge in [0.15, 0.2) is 9.84 Å². The van der Waals surface area contributed by atoms with Crippen molar-refractivity contribution in [1.29, 1.82) is 0 Å². The lowest BCUT2D eigenvalue weighted by Crippen LogP contribution is -2.16. The Bertz CT molecular complexity index is 837. The summed E-state index contributed by atoms with van der Waals surface area (Å²) in [6.07, 6.45) is 7.53. The van der Waals surface area contributed by atoms with E-state index in [4.69, 9.17) is 14.9 Å². The fraction of sp³-hybridized carbons (Fsp3) is 0.550. The molecule has 7 heteroatoms.